The Morgan fingerprint density at radius 3 is 2.50 bits per heavy atom. The molecule has 0 atom stereocenters. The van der Waals surface area contributed by atoms with Crippen LogP contribution in [0.4, 0.5) is 0 Å². The molecule has 3 aromatic rings. The fraction of sp³-hybridized carbons (Fsp3) is 0.290. The molecule has 7 heteroatoms. The van der Waals surface area contributed by atoms with E-state index in [9.17, 15) is 9.59 Å². The second kappa shape index (κ2) is 13.2. The van der Waals surface area contributed by atoms with Crippen LogP contribution in [0.3, 0.4) is 0 Å². The molecule has 0 radical (unpaired) electrons. The van der Waals surface area contributed by atoms with Crippen LogP contribution in [-0.2, 0) is 31.2 Å². The maximum absolute atomic E-state index is 13.2. The highest BCUT2D eigenvalue weighted by atomic mass is 35.5. The van der Waals surface area contributed by atoms with Crippen LogP contribution in [0.1, 0.15) is 69.8 Å². The average Bonchev–Trinajstić information content (AvgIpc) is 3.10. The van der Waals surface area contributed by atoms with Gasteiger partial charge in [-0.2, -0.15) is 0 Å². The lowest BCUT2D eigenvalue weighted by atomic mass is 10.0. The molecule has 1 amide bonds. The monoisotopic (exact) mass is 534 g/mol. The Morgan fingerprint density at radius 1 is 1.08 bits per heavy atom. The van der Waals surface area contributed by atoms with E-state index in [-0.39, 0.29) is 12.3 Å². The van der Waals surface area contributed by atoms with Gasteiger partial charge in [0.1, 0.15) is 17.2 Å². The van der Waals surface area contributed by atoms with Gasteiger partial charge < -0.3 is 19.7 Å². The number of carboxylic acids is 1. The van der Waals surface area contributed by atoms with E-state index in [2.05, 4.69) is 5.32 Å². The minimum absolute atomic E-state index is 0.101. The number of allylic oxidation sites excluding steroid dienone is 1. The number of amides is 1. The van der Waals surface area contributed by atoms with Gasteiger partial charge in [0, 0.05) is 36.8 Å². The molecule has 2 N–H and O–H groups in total. The summed E-state index contributed by atoms with van der Waals surface area (Å²) in [6.07, 6.45) is 7.08. The van der Waals surface area contributed by atoms with E-state index in [0.29, 0.717) is 30.2 Å². The van der Waals surface area contributed by atoms with Crippen LogP contribution < -0.4 is 10.1 Å². The molecule has 0 aliphatic carbocycles. The molecule has 38 heavy (non-hydrogen) atoms. The fourth-order valence-electron chi connectivity index (χ4n) is 4.70. The van der Waals surface area contributed by atoms with Crippen LogP contribution in [0.15, 0.2) is 48.0 Å². The van der Waals surface area contributed by atoms with Crippen LogP contribution in [-0.4, -0.2) is 21.6 Å². The van der Waals surface area contributed by atoms with Crippen LogP contribution in [0, 0.1) is 13.8 Å². The molecule has 0 saturated heterocycles. The highest BCUT2D eigenvalue weighted by molar-refractivity contribution is 6.27. The van der Waals surface area contributed by atoms with E-state index in [1.54, 1.807) is 6.08 Å². The summed E-state index contributed by atoms with van der Waals surface area (Å²) in [5.74, 6) is 0.394. The Balaban J connectivity index is 1.78. The number of nitrogens with one attached hydrogen (secondary N) is 1. The number of nitrogens with zero attached hydrogens (tertiary/aromatic N) is 1. The third-order valence-corrected chi connectivity index (χ3v) is 6.59. The molecule has 200 valence electrons. The number of carbonyl (C=O) groups excluding carboxylic acids is 1. The predicted octanol–water partition coefficient (Wildman–Crippen LogP) is 7.19. The second-order valence-electron chi connectivity index (χ2n) is 9.24. The van der Waals surface area contributed by atoms with E-state index >= 15 is 0 Å². The zero-order valence-corrected chi connectivity index (χ0v) is 23.4. The van der Waals surface area contributed by atoms with Crippen molar-refractivity contribution in [2.75, 3.05) is 0 Å². The predicted molar refractivity (Wildman–Crippen MR) is 154 cm³/mol. The number of hydrogen-bond acceptors (Lipinski definition) is 3. The number of ether oxygens (including phenoxy) is 1. The SMILES string of the molecule is C/C=C\c1c(/C=C/Cl)c(C)c(C(=O)NCc2cc(C)cc(Oc3ccc(CCC(=O)O)c(CC)c3)c2)n1C. The zero-order valence-electron chi connectivity index (χ0n) is 22.6. The lowest BCUT2D eigenvalue weighted by Crippen LogP contribution is -2.25. The minimum atomic E-state index is -0.806. The molecule has 0 aliphatic heterocycles. The van der Waals surface area contributed by atoms with Crippen molar-refractivity contribution < 1.29 is 19.4 Å². The largest absolute Gasteiger partial charge is 0.481 e. The summed E-state index contributed by atoms with van der Waals surface area (Å²) in [7, 11) is 1.87. The number of carboxylic acid groups (broad SMARTS) is 1. The molecular weight excluding hydrogens is 500 g/mol. The number of aryl methyl sites for hydroxylation is 3. The normalized spacial score (nSPS) is 11.4. The third kappa shape index (κ3) is 6.95. The van der Waals surface area contributed by atoms with Gasteiger partial charge in [0.2, 0.25) is 0 Å². The van der Waals surface area contributed by atoms with Crippen molar-refractivity contribution in [1.29, 1.82) is 0 Å². The Labute approximate surface area is 229 Å². The summed E-state index contributed by atoms with van der Waals surface area (Å²) >= 11 is 5.85. The first-order valence-corrected chi connectivity index (χ1v) is 13.1. The van der Waals surface area contributed by atoms with Gasteiger partial charge in [0.15, 0.2) is 0 Å². The van der Waals surface area contributed by atoms with Gasteiger partial charge in [-0.15, -0.1) is 0 Å². The molecule has 0 spiro atoms. The van der Waals surface area contributed by atoms with Crippen molar-refractivity contribution in [3.8, 4) is 11.5 Å². The maximum Gasteiger partial charge on any atom is 0.303 e. The van der Waals surface area contributed by atoms with Gasteiger partial charge in [0.25, 0.3) is 5.91 Å². The number of carbonyl (C=O) groups is 2. The molecule has 1 aromatic heterocycles. The Morgan fingerprint density at radius 2 is 1.84 bits per heavy atom. The van der Waals surface area contributed by atoms with E-state index < -0.39 is 5.97 Å². The zero-order chi connectivity index (χ0) is 27.8. The van der Waals surface area contributed by atoms with Crippen molar-refractivity contribution in [2.45, 2.75) is 53.5 Å². The van der Waals surface area contributed by atoms with Gasteiger partial charge in [-0.1, -0.05) is 36.7 Å². The highest BCUT2D eigenvalue weighted by Crippen LogP contribution is 2.28. The van der Waals surface area contributed by atoms with Gasteiger partial charge in [-0.25, -0.2) is 0 Å². The van der Waals surface area contributed by atoms with Gasteiger partial charge >= 0.3 is 5.97 Å². The molecule has 0 saturated carbocycles. The van der Waals surface area contributed by atoms with Crippen molar-refractivity contribution in [3.63, 3.8) is 0 Å². The molecule has 0 bridgehead atoms. The van der Waals surface area contributed by atoms with E-state index in [1.165, 1.54) is 5.54 Å². The molecule has 3 rings (SSSR count). The van der Waals surface area contributed by atoms with Gasteiger partial charge in [-0.05, 0) is 97.8 Å². The Hall–Kier alpha value is -3.77. The second-order valence-corrected chi connectivity index (χ2v) is 9.49. The number of aliphatic carboxylic acids is 1. The lowest BCUT2D eigenvalue weighted by Gasteiger charge is -2.13. The van der Waals surface area contributed by atoms with Crippen LogP contribution in [0.2, 0.25) is 0 Å². The first-order valence-electron chi connectivity index (χ1n) is 12.7. The van der Waals surface area contributed by atoms with Crippen LogP contribution >= 0.6 is 11.6 Å². The molecule has 6 nitrogen and oxygen atoms in total. The molecule has 1 heterocycles. The molecule has 0 fully saturated rings. The van der Waals surface area contributed by atoms with E-state index in [4.69, 9.17) is 21.4 Å². The smallest absolute Gasteiger partial charge is 0.303 e. The summed E-state index contributed by atoms with van der Waals surface area (Å²) in [4.78, 5) is 24.2. The summed E-state index contributed by atoms with van der Waals surface area (Å²) < 4.78 is 8.05. The maximum atomic E-state index is 13.2. The average molecular weight is 535 g/mol. The molecule has 2 aromatic carbocycles. The minimum Gasteiger partial charge on any atom is -0.481 e. The van der Waals surface area contributed by atoms with Crippen LogP contribution in [0.25, 0.3) is 12.2 Å². The van der Waals surface area contributed by atoms with Crippen molar-refractivity contribution in [2.24, 2.45) is 7.05 Å². The number of benzene rings is 2. The van der Waals surface area contributed by atoms with Crippen molar-refractivity contribution in [3.05, 3.63) is 92.8 Å². The fourth-order valence-corrected chi connectivity index (χ4v) is 4.82. The summed E-state index contributed by atoms with van der Waals surface area (Å²) in [6.45, 7) is 8.23. The Kier molecular flexibility index (Phi) is 9.97. The van der Waals surface area contributed by atoms with E-state index in [0.717, 1.165) is 45.5 Å². The van der Waals surface area contributed by atoms with E-state index in [1.807, 2.05) is 87.9 Å². The van der Waals surface area contributed by atoms with Crippen LogP contribution in [0.5, 0.6) is 11.5 Å². The topological polar surface area (TPSA) is 80.6 Å². The summed E-state index contributed by atoms with van der Waals surface area (Å²) in [6, 6.07) is 11.7. The number of halogens is 1. The van der Waals surface area contributed by atoms with Gasteiger partial charge in [-0.3, -0.25) is 9.59 Å². The number of aromatic nitrogens is 1. The standard InChI is InChI=1S/C31H35ClN2O4/c1-6-8-28-27(13-14-32)21(4)30(34(28)5)31(37)33-19-22-15-20(3)16-26(17-22)38-25-11-9-24(10-12-29(35)36)23(7-2)18-25/h6,8-9,11,13-18H,7,10,12,19H2,1-5H3,(H,33,37)(H,35,36)/b8-6-,14-13+. The quantitative estimate of drug-likeness (QED) is 0.273. The highest BCUT2D eigenvalue weighted by Gasteiger charge is 2.20. The number of hydrogen-bond donors (Lipinski definition) is 2. The molecular formula is C31H35ClN2O4. The third-order valence-electron chi connectivity index (χ3n) is 6.47. The van der Waals surface area contributed by atoms with Gasteiger partial charge in [0.05, 0.1) is 0 Å². The number of rotatable bonds is 11. The first kappa shape index (κ1) is 28.8. The Bertz CT molecular complexity index is 1350. The lowest BCUT2D eigenvalue weighted by molar-refractivity contribution is -0.136. The summed E-state index contributed by atoms with van der Waals surface area (Å²) in [5, 5.41) is 12.0. The van der Waals surface area contributed by atoms with Crippen molar-refractivity contribution >= 4 is 35.6 Å². The first-order chi connectivity index (χ1) is 18.2. The molecule has 0 aliphatic rings. The summed E-state index contributed by atoms with van der Waals surface area (Å²) in [5.41, 5.74) is 8.76. The molecule has 0 unspecified atom stereocenters. The van der Waals surface area contributed by atoms with Crippen molar-refractivity contribution in [1.82, 2.24) is 9.88 Å².